The third-order valence-corrected chi connectivity index (χ3v) is 6.87. The minimum absolute atomic E-state index is 0.197. The summed E-state index contributed by atoms with van der Waals surface area (Å²) in [5, 5.41) is 4.98. The van der Waals surface area contributed by atoms with Crippen LogP contribution in [0.5, 0.6) is 5.75 Å². The van der Waals surface area contributed by atoms with Crippen molar-refractivity contribution in [1.82, 2.24) is 19.7 Å². The Kier molecular flexibility index (Phi) is 7.84. The van der Waals surface area contributed by atoms with Gasteiger partial charge in [-0.05, 0) is 53.8 Å². The maximum atomic E-state index is 12.1. The van der Waals surface area contributed by atoms with Crippen LogP contribution in [-0.4, -0.2) is 45.3 Å². The highest BCUT2D eigenvalue weighted by molar-refractivity contribution is 5.83. The van der Waals surface area contributed by atoms with Gasteiger partial charge >= 0.3 is 5.97 Å². The Bertz CT molecular complexity index is 1360. The molecule has 0 radical (unpaired) electrons. The summed E-state index contributed by atoms with van der Waals surface area (Å²) >= 11 is 0. The van der Waals surface area contributed by atoms with Gasteiger partial charge in [-0.3, -0.25) is 19.4 Å². The number of hydrogen-bond donors (Lipinski definition) is 0. The van der Waals surface area contributed by atoms with Crippen LogP contribution in [0, 0.1) is 0 Å². The Morgan fingerprint density at radius 3 is 2.37 bits per heavy atom. The highest BCUT2D eigenvalue weighted by atomic mass is 16.5. The Labute approximate surface area is 224 Å². The van der Waals surface area contributed by atoms with Gasteiger partial charge in [0, 0.05) is 36.6 Å². The molecule has 1 aliphatic heterocycles. The Hall–Kier alpha value is -3.97. The van der Waals surface area contributed by atoms with E-state index in [1.807, 2.05) is 31.2 Å². The third-order valence-electron chi connectivity index (χ3n) is 6.87. The molecular weight excluding hydrogens is 476 g/mol. The van der Waals surface area contributed by atoms with Crippen LogP contribution in [-0.2, 0) is 29.2 Å². The fraction of sp³-hybridized carbons (Fsp3) is 0.323. The van der Waals surface area contributed by atoms with Crippen molar-refractivity contribution in [3.8, 4) is 28.1 Å². The molecule has 2 aromatic carbocycles. The van der Waals surface area contributed by atoms with Gasteiger partial charge in [0.1, 0.15) is 18.1 Å². The van der Waals surface area contributed by atoms with Crippen molar-refractivity contribution in [3.63, 3.8) is 0 Å². The van der Waals surface area contributed by atoms with E-state index >= 15 is 0 Å². The summed E-state index contributed by atoms with van der Waals surface area (Å²) in [6.07, 6.45) is 3.57. The zero-order valence-electron chi connectivity index (χ0n) is 22.3. The van der Waals surface area contributed by atoms with Gasteiger partial charge in [0.25, 0.3) is 0 Å². The molecule has 0 N–H and O–H groups in total. The molecule has 38 heavy (non-hydrogen) atoms. The quantitative estimate of drug-likeness (QED) is 0.269. The molecule has 0 saturated carbocycles. The highest BCUT2D eigenvalue weighted by Crippen LogP contribution is 2.37. The molecule has 1 aliphatic rings. The van der Waals surface area contributed by atoms with Crippen LogP contribution < -0.4 is 4.74 Å². The highest BCUT2D eigenvalue weighted by Gasteiger charge is 2.27. The minimum Gasteiger partial charge on any atom is -0.489 e. The molecule has 0 fully saturated rings. The normalized spacial score (nSPS) is 13.4. The average molecular weight is 511 g/mol. The van der Waals surface area contributed by atoms with Gasteiger partial charge in [-0.15, -0.1) is 0 Å². The topological polar surface area (TPSA) is 69.5 Å². The Morgan fingerprint density at radius 1 is 0.947 bits per heavy atom. The standard InChI is InChI=1S/C31H34N4O3/c1-4-37-29(36)20-34-17-18-35-28(19-34)30(31(33-35)26-13-15-32-16-14-26)25-9-11-27(12-10-25)38-21-23-5-7-24(8-6-23)22(2)3/h5-16,22H,4,17-21H2,1-3H3. The molecule has 0 saturated heterocycles. The first-order chi connectivity index (χ1) is 18.5. The predicted molar refractivity (Wildman–Crippen MR) is 148 cm³/mol. The number of pyridine rings is 1. The number of benzene rings is 2. The lowest BCUT2D eigenvalue weighted by Crippen LogP contribution is -2.38. The van der Waals surface area contributed by atoms with Gasteiger partial charge in [0.15, 0.2) is 0 Å². The molecule has 3 heterocycles. The van der Waals surface area contributed by atoms with E-state index in [0.717, 1.165) is 45.9 Å². The summed E-state index contributed by atoms with van der Waals surface area (Å²) in [5.74, 6) is 1.13. The summed E-state index contributed by atoms with van der Waals surface area (Å²) in [6, 6.07) is 20.8. The molecular formula is C31H34N4O3. The van der Waals surface area contributed by atoms with Crippen molar-refractivity contribution in [2.45, 2.75) is 46.4 Å². The van der Waals surface area contributed by atoms with E-state index in [0.29, 0.717) is 32.2 Å². The van der Waals surface area contributed by atoms with E-state index in [4.69, 9.17) is 14.6 Å². The number of esters is 1. The molecule has 4 aromatic rings. The number of rotatable bonds is 9. The number of hydrogen-bond acceptors (Lipinski definition) is 6. The second-order valence-electron chi connectivity index (χ2n) is 9.85. The van der Waals surface area contributed by atoms with Crippen molar-refractivity contribution in [2.75, 3.05) is 19.7 Å². The van der Waals surface area contributed by atoms with Crippen molar-refractivity contribution in [3.05, 3.63) is 89.9 Å². The number of nitrogens with zero attached hydrogens (tertiary/aromatic N) is 4. The first kappa shape index (κ1) is 25.7. The number of aromatic nitrogens is 3. The fourth-order valence-corrected chi connectivity index (χ4v) is 4.79. The van der Waals surface area contributed by atoms with Crippen LogP contribution >= 0.6 is 0 Å². The van der Waals surface area contributed by atoms with Gasteiger partial charge in [0.2, 0.25) is 0 Å². The summed E-state index contributed by atoms with van der Waals surface area (Å²) in [7, 11) is 0. The molecule has 0 amide bonds. The van der Waals surface area contributed by atoms with Crippen LogP contribution in [0.15, 0.2) is 73.1 Å². The SMILES string of the molecule is CCOC(=O)CN1CCn2nc(-c3ccncc3)c(-c3ccc(OCc4ccc(C(C)C)cc4)cc3)c2C1. The van der Waals surface area contributed by atoms with Gasteiger partial charge in [-0.1, -0.05) is 50.2 Å². The fourth-order valence-electron chi connectivity index (χ4n) is 4.79. The van der Waals surface area contributed by atoms with Gasteiger partial charge in [0.05, 0.1) is 25.4 Å². The van der Waals surface area contributed by atoms with Gasteiger partial charge in [-0.2, -0.15) is 5.10 Å². The number of fused-ring (bicyclic) bond motifs is 1. The van der Waals surface area contributed by atoms with Crippen molar-refractivity contribution < 1.29 is 14.3 Å². The van der Waals surface area contributed by atoms with Crippen LogP contribution in [0.1, 0.15) is 43.5 Å². The maximum absolute atomic E-state index is 12.1. The summed E-state index contributed by atoms with van der Waals surface area (Å²) < 4.78 is 13.3. The smallest absolute Gasteiger partial charge is 0.320 e. The molecule has 196 valence electrons. The van der Waals surface area contributed by atoms with Crippen molar-refractivity contribution in [2.24, 2.45) is 0 Å². The zero-order valence-corrected chi connectivity index (χ0v) is 22.3. The third kappa shape index (κ3) is 5.78. The second kappa shape index (κ2) is 11.6. The van der Waals surface area contributed by atoms with Crippen LogP contribution in [0.3, 0.4) is 0 Å². The van der Waals surface area contributed by atoms with Crippen molar-refractivity contribution >= 4 is 5.97 Å². The molecule has 0 bridgehead atoms. The average Bonchev–Trinajstić information content (AvgIpc) is 3.32. The van der Waals surface area contributed by atoms with E-state index in [2.05, 4.69) is 64.8 Å². The van der Waals surface area contributed by atoms with E-state index in [9.17, 15) is 4.79 Å². The monoisotopic (exact) mass is 510 g/mol. The lowest BCUT2D eigenvalue weighted by molar-refractivity contribution is -0.144. The maximum Gasteiger partial charge on any atom is 0.320 e. The van der Waals surface area contributed by atoms with E-state index in [1.165, 1.54) is 5.56 Å². The Balaban J connectivity index is 1.39. The molecule has 7 heteroatoms. The predicted octanol–water partition coefficient (Wildman–Crippen LogP) is 5.69. The summed E-state index contributed by atoms with van der Waals surface area (Å²) in [5.41, 5.74) is 7.62. The van der Waals surface area contributed by atoms with E-state index < -0.39 is 0 Å². The summed E-state index contributed by atoms with van der Waals surface area (Å²) in [6.45, 7) is 9.48. The van der Waals surface area contributed by atoms with Gasteiger partial charge < -0.3 is 9.47 Å². The van der Waals surface area contributed by atoms with E-state index in [-0.39, 0.29) is 12.5 Å². The zero-order chi connectivity index (χ0) is 26.5. The molecule has 7 nitrogen and oxygen atoms in total. The number of ether oxygens (including phenoxy) is 2. The Morgan fingerprint density at radius 2 is 1.68 bits per heavy atom. The van der Waals surface area contributed by atoms with E-state index in [1.54, 1.807) is 12.4 Å². The van der Waals surface area contributed by atoms with Crippen LogP contribution in [0.25, 0.3) is 22.4 Å². The molecule has 2 aromatic heterocycles. The lowest BCUT2D eigenvalue weighted by atomic mass is 9.98. The lowest BCUT2D eigenvalue weighted by Gasteiger charge is -2.27. The molecule has 0 spiro atoms. The summed E-state index contributed by atoms with van der Waals surface area (Å²) in [4.78, 5) is 18.4. The number of carbonyl (C=O) groups is 1. The van der Waals surface area contributed by atoms with Crippen LogP contribution in [0.2, 0.25) is 0 Å². The second-order valence-corrected chi connectivity index (χ2v) is 9.85. The number of carbonyl (C=O) groups excluding carboxylic acids is 1. The first-order valence-electron chi connectivity index (χ1n) is 13.2. The molecule has 5 rings (SSSR count). The van der Waals surface area contributed by atoms with Crippen LogP contribution in [0.4, 0.5) is 0 Å². The minimum atomic E-state index is -0.197. The first-order valence-corrected chi connectivity index (χ1v) is 13.2. The molecule has 0 atom stereocenters. The molecule has 0 aliphatic carbocycles. The largest absolute Gasteiger partial charge is 0.489 e. The molecule has 0 unspecified atom stereocenters. The van der Waals surface area contributed by atoms with Gasteiger partial charge in [-0.25, -0.2) is 0 Å². The van der Waals surface area contributed by atoms with Crippen molar-refractivity contribution in [1.29, 1.82) is 0 Å².